The van der Waals surface area contributed by atoms with Gasteiger partial charge in [0.15, 0.2) is 0 Å². The second-order valence-corrected chi connectivity index (χ2v) is 13.0. The summed E-state index contributed by atoms with van der Waals surface area (Å²) in [6, 6.07) is 13.6. The molecule has 2 bridgehead atoms. The molecule has 2 atom stereocenters. The summed E-state index contributed by atoms with van der Waals surface area (Å²) in [5.74, 6) is 1.80. The number of nitrogens with one attached hydrogen (secondary N) is 2. The maximum atomic E-state index is 13.3. The number of benzene rings is 1. The summed E-state index contributed by atoms with van der Waals surface area (Å²) in [6.45, 7) is 9.30. The quantitative estimate of drug-likeness (QED) is 0.282. The zero-order chi connectivity index (χ0) is 29.7. The van der Waals surface area contributed by atoms with Gasteiger partial charge < -0.3 is 20.4 Å². The number of anilines is 4. The molecule has 2 aliphatic carbocycles. The number of aryl methyl sites for hydroxylation is 1. The topological polar surface area (TPSA) is 95.4 Å². The summed E-state index contributed by atoms with van der Waals surface area (Å²) in [4.78, 5) is 37.9. The second kappa shape index (κ2) is 11.2. The van der Waals surface area contributed by atoms with E-state index in [1.807, 2.05) is 43.5 Å². The highest BCUT2D eigenvalue weighted by Crippen LogP contribution is 2.56. The largest absolute Gasteiger partial charge is 0.368 e. The van der Waals surface area contributed by atoms with E-state index in [1.165, 1.54) is 34.4 Å². The molecule has 7 rings (SSSR count). The minimum Gasteiger partial charge on any atom is -0.368 e. The summed E-state index contributed by atoms with van der Waals surface area (Å²) in [5.41, 5.74) is 5.73. The maximum Gasteiger partial charge on any atom is 0.290 e. The Balaban J connectivity index is 1.09. The van der Waals surface area contributed by atoms with E-state index in [4.69, 9.17) is 0 Å². The van der Waals surface area contributed by atoms with Gasteiger partial charge in [0.05, 0.1) is 22.5 Å². The molecule has 1 aliphatic heterocycles. The zero-order valence-electron chi connectivity index (χ0n) is 24.9. The first-order valence-electron chi connectivity index (χ1n) is 15.2. The van der Waals surface area contributed by atoms with Gasteiger partial charge in [-0.05, 0) is 86.0 Å². The van der Waals surface area contributed by atoms with Crippen molar-refractivity contribution in [2.24, 2.45) is 7.05 Å². The van der Waals surface area contributed by atoms with Crippen molar-refractivity contribution in [3.63, 3.8) is 0 Å². The van der Waals surface area contributed by atoms with Crippen molar-refractivity contribution in [1.82, 2.24) is 19.7 Å². The molecule has 4 heterocycles. The highest BCUT2D eigenvalue weighted by molar-refractivity contribution is 7.14. The predicted octanol–water partition coefficient (Wildman–Crippen LogP) is 5.71. The number of rotatable bonds is 7. The Kier molecular flexibility index (Phi) is 7.26. The van der Waals surface area contributed by atoms with E-state index < -0.39 is 0 Å². The lowest BCUT2D eigenvalue weighted by Crippen LogP contribution is -2.46. The average Bonchev–Trinajstić information content (AvgIpc) is 3.76. The van der Waals surface area contributed by atoms with Crippen LogP contribution < -0.4 is 21.1 Å². The molecule has 2 N–H and O–H groups in total. The normalized spacial score (nSPS) is 19.5. The number of carbonyl (C=O) groups excluding carboxylic acids is 1. The van der Waals surface area contributed by atoms with Gasteiger partial charge in [-0.15, -0.1) is 11.3 Å². The third kappa shape index (κ3) is 5.23. The summed E-state index contributed by atoms with van der Waals surface area (Å²) in [7, 11) is 1.65. The number of amides is 1. The Bertz CT molecular complexity index is 1710. The van der Waals surface area contributed by atoms with Gasteiger partial charge in [0, 0.05) is 49.4 Å². The first kappa shape index (κ1) is 27.8. The molecule has 43 heavy (non-hydrogen) atoms. The van der Waals surface area contributed by atoms with E-state index in [1.54, 1.807) is 24.5 Å². The lowest BCUT2D eigenvalue weighted by molar-refractivity contribution is 0.103. The first-order chi connectivity index (χ1) is 20.9. The third-order valence-electron chi connectivity index (χ3n) is 9.37. The van der Waals surface area contributed by atoms with Crippen LogP contribution in [0.5, 0.6) is 0 Å². The van der Waals surface area contributed by atoms with E-state index >= 15 is 0 Å². The monoisotopic (exact) mass is 595 g/mol. The van der Waals surface area contributed by atoms with Crippen molar-refractivity contribution < 1.29 is 4.79 Å². The van der Waals surface area contributed by atoms with Crippen LogP contribution in [0.1, 0.15) is 63.7 Å². The van der Waals surface area contributed by atoms with Gasteiger partial charge in [-0.3, -0.25) is 9.59 Å². The molecule has 1 saturated heterocycles. The molecule has 10 heteroatoms. The number of carbonyl (C=O) groups is 1. The second-order valence-electron chi connectivity index (χ2n) is 11.9. The summed E-state index contributed by atoms with van der Waals surface area (Å²) in [5, 5.41) is 10.9. The molecule has 2 fully saturated rings. The number of piperazine rings is 1. The van der Waals surface area contributed by atoms with Crippen molar-refractivity contribution in [3.05, 3.63) is 79.9 Å². The van der Waals surface area contributed by atoms with Crippen molar-refractivity contribution in [3.8, 4) is 11.3 Å². The fourth-order valence-electron chi connectivity index (χ4n) is 6.84. The molecule has 4 aromatic rings. The van der Waals surface area contributed by atoms with E-state index in [0.29, 0.717) is 29.0 Å². The number of thiophene rings is 1. The fourth-order valence-corrected chi connectivity index (χ4v) is 8.13. The van der Waals surface area contributed by atoms with E-state index in [-0.39, 0.29) is 11.5 Å². The minimum atomic E-state index is -0.243. The smallest absolute Gasteiger partial charge is 0.290 e. The highest BCUT2D eigenvalue weighted by Gasteiger charge is 2.39. The maximum absolute atomic E-state index is 13.3. The predicted molar refractivity (Wildman–Crippen MR) is 173 cm³/mol. The molecule has 0 spiro atoms. The molecule has 3 aliphatic rings. The Labute approximate surface area is 255 Å². The Morgan fingerprint density at radius 3 is 2.60 bits per heavy atom. The van der Waals surface area contributed by atoms with Gasteiger partial charge in [0.2, 0.25) is 0 Å². The lowest BCUT2D eigenvalue weighted by atomic mass is 9.99. The third-order valence-corrected chi connectivity index (χ3v) is 10.7. The summed E-state index contributed by atoms with van der Waals surface area (Å²) < 4.78 is 1.34. The number of fused-ring (bicyclic) bond motifs is 5. The average molecular weight is 596 g/mol. The van der Waals surface area contributed by atoms with Crippen LogP contribution >= 0.6 is 11.3 Å². The Morgan fingerprint density at radius 2 is 1.86 bits per heavy atom. The standard InChI is InChI=1S/C33H37N7O2S/c1-4-39-12-14-40(15-13-39)23-10-11-30(34-19-23)35-28-18-27(37-38(3)33(28)42)24-6-5-7-26(20(24)2)36-32(41)29-17-25-21-8-9-22(16-21)31(25)43-29/h5-7,10-11,17-19,21-22H,4,8-9,12-16H2,1-3H3,(H,34,35)(H,36,41). The molecule has 0 radical (unpaired) electrons. The highest BCUT2D eigenvalue weighted by atomic mass is 32.1. The van der Waals surface area contributed by atoms with Crippen LogP contribution in [-0.2, 0) is 7.05 Å². The van der Waals surface area contributed by atoms with Crippen molar-refractivity contribution in [2.45, 2.75) is 44.9 Å². The molecule has 1 saturated carbocycles. The van der Waals surface area contributed by atoms with Gasteiger partial charge >= 0.3 is 0 Å². The van der Waals surface area contributed by atoms with Gasteiger partial charge in [0.1, 0.15) is 11.5 Å². The van der Waals surface area contributed by atoms with Crippen LogP contribution in [0.4, 0.5) is 22.9 Å². The van der Waals surface area contributed by atoms with Crippen LogP contribution in [0.2, 0.25) is 0 Å². The molecule has 222 valence electrons. The van der Waals surface area contributed by atoms with Gasteiger partial charge in [0.25, 0.3) is 11.5 Å². The molecular weight excluding hydrogens is 558 g/mol. The van der Waals surface area contributed by atoms with Crippen LogP contribution in [0.25, 0.3) is 11.3 Å². The van der Waals surface area contributed by atoms with Gasteiger partial charge in [-0.1, -0.05) is 19.1 Å². The zero-order valence-corrected chi connectivity index (χ0v) is 25.7. The van der Waals surface area contributed by atoms with Crippen LogP contribution in [0.15, 0.2) is 53.5 Å². The number of aromatic nitrogens is 3. The number of likely N-dealkylation sites (N-methyl/N-ethyl adjacent to an activating group) is 1. The van der Waals surface area contributed by atoms with Gasteiger partial charge in [-0.25, -0.2) is 9.67 Å². The first-order valence-corrected chi connectivity index (χ1v) is 16.0. The van der Waals surface area contributed by atoms with Crippen LogP contribution in [0.3, 0.4) is 0 Å². The minimum absolute atomic E-state index is 0.0726. The molecule has 2 unspecified atom stereocenters. The number of hydrogen-bond acceptors (Lipinski definition) is 8. The van der Waals surface area contributed by atoms with Crippen molar-refractivity contribution in [1.29, 1.82) is 0 Å². The Morgan fingerprint density at radius 1 is 1.05 bits per heavy atom. The summed E-state index contributed by atoms with van der Waals surface area (Å²) in [6.07, 6.45) is 5.62. The molecule has 3 aromatic heterocycles. The fraction of sp³-hybridized carbons (Fsp3) is 0.394. The molecule has 1 aromatic carbocycles. The van der Waals surface area contributed by atoms with Gasteiger partial charge in [-0.2, -0.15) is 5.10 Å². The van der Waals surface area contributed by atoms with Crippen LogP contribution in [-0.4, -0.2) is 58.3 Å². The van der Waals surface area contributed by atoms with E-state index in [2.05, 4.69) is 43.5 Å². The lowest BCUT2D eigenvalue weighted by Gasteiger charge is -2.35. The molecular formula is C33H37N7O2S. The number of pyridine rings is 1. The molecule has 9 nitrogen and oxygen atoms in total. The summed E-state index contributed by atoms with van der Waals surface area (Å²) >= 11 is 1.65. The van der Waals surface area contributed by atoms with E-state index in [9.17, 15) is 9.59 Å². The Hall–Kier alpha value is -4.02. The van der Waals surface area contributed by atoms with Crippen molar-refractivity contribution >= 4 is 40.1 Å². The van der Waals surface area contributed by atoms with Crippen LogP contribution in [0, 0.1) is 6.92 Å². The number of hydrogen-bond donors (Lipinski definition) is 2. The molecule has 1 amide bonds. The SMILES string of the molecule is CCN1CCN(c2ccc(Nc3cc(-c4cccc(NC(=O)c5cc6c(s5)C5CCC6C5)c4C)nn(C)c3=O)nc2)CC1. The number of nitrogens with zero attached hydrogens (tertiary/aromatic N) is 5. The van der Waals surface area contributed by atoms with E-state index in [0.717, 1.165) is 60.1 Å². The van der Waals surface area contributed by atoms with Crippen molar-refractivity contribution in [2.75, 3.05) is 48.3 Å².